The Morgan fingerprint density at radius 1 is 0.921 bits per heavy atom. The molecule has 0 aliphatic heterocycles. The van der Waals surface area contributed by atoms with Crippen LogP contribution in [0.2, 0.25) is 0 Å². The minimum Gasteiger partial charge on any atom is -0.469 e. The summed E-state index contributed by atoms with van der Waals surface area (Å²) in [6, 6.07) is 23.2. The lowest BCUT2D eigenvalue weighted by molar-refractivity contribution is -0.137. The fraction of sp³-hybridized carbons (Fsp3) is 0.143. The van der Waals surface area contributed by atoms with E-state index in [4.69, 9.17) is 0 Å². The molecule has 2 aromatic heterocycles. The van der Waals surface area contributed by atoms with E-state index in [0.29, 0.717) is 16.3 Å². The van der Waals surface area contributed by atoms with Gasteiger partial charge in [-0.05, 0) is 30.7 Å². The van der Waals surface area contributed by atoms with Crippen LogP contribution in [0, 0.1) is 6.92 Å². The van der Waals surface area contributed by atoms with Crippen molar-refractivity contribution in [2.45, 2.75) is 25.3 Å². The first-order valence-corrected chi connectivity index (χ1v) is 13.1. The van der Waals surface area contributed by atoms with Gasteiger partial charge in [0.25, 0.3) is 15.9 Å². The van der Waals surface area contributed by atoms with Crippen LogP contribution in [-0.2, 0) is 26.1 Å². The van der Waals surface area contributed by atoms with E-state index in [1.165, 1.54) is 24.2 Å². The lowest BCUT2D eigenvalue weighted by Gasteiger charge is -2.11. The summed E-state index contributed by atoms with van der Waals surface area (Å²) in [5, 5.41) is 12.1. The SMILES string of the molecule is COC(C)=O.Cc1ccc(S(=O)(=O)n2c3ccccc3c3cnnc(C(=O)NCc4ccccc4)c32)cc1. The number of rotatable bonds is 5. The van der Waals surface area contributed by atoms with E-state index < -0.39 is 15.9 Å². The van der Waals surface area contributed by atoms with E-state index >= 15 is 0 Å². The van der Waals surface area contributed by atoms with Crippen molar-refractivity contribution in [1.82, 2.24) is 19.5 Å². The molecular weight excluding hydrogens is 504 g/mol. The van der Waals surface area contributed by atoms with Gasteiger partial charge in [0.1, 0.15) is 5.52 Å². The maximum absolute atomic E-state index is 13.8. The van der Waals surface area contributed by atoms with Crippen LogP contribution in [0.1, 0.15) is 28.5 Å². The fourth-order valence-electron chi connectivity index (χ4n) is 3.86. The summed E-state index contributed by atoms with van der Waals surface area (Å²) in [4.78, 5) is 22.9. The average Bonchev–Trinajstić information content (AvgIpc) is 3.28. The molecule has 0 bridgehead atoms. The van der Waals surface area contributed by atoms with E-state index in [0.717, 1.165) is 11.1 Å². The number of aromatic nitrogens is 3. The molecule has 0 spiro atoms. The minimum atomic E-state index is -4.02. The summed E-state index contributed by atoms with van der Waals surface area (Å²) >= 11 is 0. The molecule has 0 atom stereocenters. The third-order valence-corrected chi connectivity index (χ3v) is 7.53. The number of benzene rings is 3. The number of aryl methyl sites for hydroxylation is 1. The first-order valence-electron chi connectivity index (χ1n) is 11.7. The molecule has 1 amide bonds. The van der Waals surface area contributed by atoms with Gasteiger partial charge < -0.3 is 10.1 Å². The van der Waals surface area contributed by atoms with Gasteiger partial charge in [0.15, 0.2) is 5.69 Å². The van der Waals surface area contributed by atoms with Crippen molar-refractivity contribution < 1.29 is 22.7 Å². The number of amides is 1. The molecule has 1 N–H and O–H groups in total. The Hall–Kier alpha value is -4.57. The Labute approximate surface area is 220 Å². The summed E-state index contributed by atoms with van der Waals surface area (Å²) in [6.45, 7) is 3.53. The summed E-state index contributed by atoms with van der Waals surface area (Å²) in [5.41, 5.74) is 2.48. The Morgan fingerprint density at radius 2 is 1.55 bits per heavy atom. The molecule has 5 rings (SSSR count). The summed E-state index contributed by atoms with van der Waals surface area (Å²) in [6.07, 6.45) is 1.49. The van der Waals surface area contributed by atoms with Crippen molar-refractivity contribution in [3.05, 3.63) is 102 Å². The number of carbonyl (C=O) groups is 2. The monoisotopic (exact) mass is 530 g/mol. The maximum atomic E-state index is 13.8. The topological polar surface area (TPSA) is 120 Å². The number of methoxy groups -OCH3 is 1. The van der Waals surface area contributed by atoms with Crippen LogP contribution >= 0.6 is 0 Å². The quantitative estimate of drug-likeness (QED) is 0.338. The molecule has 0 radical (unpaired) electrons. The normalized spacial score (nSPS) is 11.0. The molecule has 0 saturated carbocycles. The smallest absolute Gasteiger partial charge is 0.302 e. The number of hydrogen-bond acceptors (Lipinski definition) is 7. The number of fused-ring (bicyclic) bond motifs is 3. The second-order valence-electron chi connectivity index (χ2n) is 8.42. The molecule has 0 aliphatic carbocycles. The van der Waals surface area contributed by atoms with Gasteiger partial charge in [0.05, 0.1) is 23.7 Å². The van der Waals surface area contributed by atoms with E-state index in [9.17, 15) is 18.0 Å². The molecule has 3 aromatic carbocycles. The van der Waals surface area contributed by atoms with Crippen molar-refractivity contribution in [3.63, 3.8) is 0 Å². The number of nitrogens with one attached hydrogen (secondary N) is 1. The van der Waals surface area contributed by atoms with E-state index in [2.05, 4.69) is 20.3 Å². The number of nitrogens with zero attached hydrogens (tertiary/aromatic N) is 3. The van der Waals surface area contributed by atoms with Crippen molar-refractivity contribution in [2.24, 2.45) is 0 Å². The zero-order valence-corrected chi connectivity index (χ0v) is 21.9. The number of ether oxygens (including phenoxy) is 1. The van der Waals surface area contributed by atoms with Gasteiger partial charge in [-0.3, -0.25) is 9.59 Å². The number of esters is 1. The largest absolute Gasteiger partial charge is 0.469 e. The van der Waals surface area contributed by atoms with Crippen molar-refractivity contribution in [1.29, 1.82) is 0 Å². The van der Waals surface area contributed by atoms with Gasteiger partial charge in [-0.2, -0.15) is 5.10 Å². The number of para-hydroxylation sites is 1. The summed E-state index contributed by atoms with van der Waals surface area (Å²) in [5.74, 6) is -0.745. The highest BCUT2D eigenvalue weighted by Gasteiger charge is 2.27. The molecule has 2 heterocycles. The zero-order valence-electron chi connectivity index (χ0n) is 21.1. The maximum Gasteiger partial charge on any atom is 0.302 e. The standard InChI is InChI=1S/C25H20N4O3S.C3H6O2/c1-17-11-13-19(14-12-17)33(31,32)29-22-10-6-5-9-20(22)21-16-27-28-23(24(21)29)25(30)26-15-18-7-3-2-4-8-18;1-3(4)5-2/h2-14,16H,15H2,1H3,(H,26,30);1-2H3. The molecule has 0 fully saturated rings. The molecule has 0 unspecified atom stereocenters. The highest BCUT2D eigenvalue weighted by atomic mass is 32.2. The Bertz CT molecular complexity index is 1710. The van der Waals surface area contributed by atoms with Crippen molar-refractivity contribution in [3.8, 4) is 0 Å². The highest BCUT2D eigenvalue weighted by Crippen LogP contribution is 2.33. The van der Waals surface area contributed by atoms with E-state index in [1.54, 1.807) is 36.4 Å². The molecule has 0 aliphatic rings. The molecule has 5 aromatic rings. The van der Waals surface area contributed by atoms with Gasteiger partial charge in [0.2, 0.25) is 0 Å². The summed E-state index contributed by atoms with van der Waals surface area (Å²) < 4.78 is 32.9. The third-order valence-electron chi connectivity index (χ3n) is 5.80. The van der Waals surface area contributed by atoms with Crippen LogP contribution in [0.3, 0.4) is 0 Å². The lowest BCUT2D eigenvalue weighted by atomic mass is 10.2. The van der Waals surface area contributed by atoms with Gasteiger partial charge in [0, 0.05) is 24.2 Å². The van der Waals surface area contributed by atoms with Crippen LogP contribution in [0.25, 0.3) is 21.8 Å². The predicted molar refractivity (Wildman–Crippen MR) is 144 cm³/mol. The molecule has 10 heteroatoms. The molecule has 0 saturated heterocycles. The van der Waals surface area contributed by atoms with Crippen LogP contribution < -0.4 is 5.32 Å². The van der Waals surface area contributed by atoms with Gasteiger partial charge in [-0.1, -0.05) is 66.2 Å². The Morgan fingerprint density at radius 3 is 2.21 bits per heavy atom. The van der Waals surface area contributed by atoms with Gasteiger partial charge in [-0.15, -0.1) is 5.10 Å². The second kappa shape index (κ2) is 11.2. The zero-order chi connectivity index (χ0) is 27.3. The summed E-state index contributed by atoms with van der Waals surface area (Å²) in [7, 11) is -2.67. The van der Waals surface area contributed by atoms with E-state index in [1.807, 2.05) is 49.4 Å². The second-order valence-corrected chi connectivity index (χ2v) is 10.2. The predicted octanol–water partition coefficient (Wildman–Crippen LogP) is 4.24. The molecular formula is C28H26N4O5S. The molecule has 9 nitrogen and oxygen atoms in total. The first-order chi connectivity index (χ1) is 18.2. The van der Waals surface area contributed by atoms with Crippen LogP contribution in [0.5, 0.6) is 0 Å². The number of hydrogen-bond donors (Lipinski definition) is 1. The van der Waals surface area contributed by atoms with E-state index in [-0.39, 0.29) is 28.6 Å². The van der Waals surface area contributed by atoms with Crippen LogP contribution in [-0.4, -0.2) is 41.6 Å². The van der Waals surface area contributed by atoms with Crippen LogP contribution in [0.4, 0.5) is 0 Å². The van der Waals surface area contributed by atoms with Crippen molar-refractivity contribution >= 4 is 43.7 Å². The minimum absolute atomic E-state index is 0.0460. The first kappa shape index (κ1) is 26.5. The average molecular weight is 531 g/mol. The lowest BCUT2D eigenvalue weighted by Crippen LogP contribution is -2.25. The van der Waals surface area contributed by atoms with Crippen molar-refractivity contribution in [2.75, 3.05) is 7.11 Å². The number of carbonyl (C=O) groups excluding carboxylic acids is 2. The molecule has 194 valence electrons. The molecule has 38 heavy (non-hydrogen) atoms. The third kappa shape index (κ3) is 5.40. The Balaban J connectivity index is 0.000000617. The van der Waals surface area contributed by atoms with Gasteiger partial charge >= 0.3 is 5.97 Å². The van der Waals surface area contributed by atoms with Gasteiger partial charge in [-0.25, -0.2) is 12.4 Å². The Kier molecular flexibility index (Phi) is 7.82. The highest BCUT2D eigenvalue weighted by molar-refractivity contribution is 7.90. The van der Waals surface area contributed by atoms with Crippen LogP contribution in [0.15, 0.2) is 90.0 Å². The fourth-order valence-corrected chi connectivity index (χ4v) is 5.40.